The van der Waals surface area contributed by atoms with Gasteiger partial charge in [-0.1, -0.05) is 23.2 Å². The molecule has 5 nitrogen and oxygen atoms in total. The van der Waals surface area contributed by atoms with E-state index in [1.54, 1.807) is 6.07 Å². The zero-order valence-corrected chi connectivity index (χ0v) is 13.3. The first-order valence-electron chi connectivity index (χ1n) is 5.67. The largest absolute Gasteiger partial charge is 0.507 e. The molecule has 0 saturated heterocycles. The highest BCUT2D eigenvalue weighted by molar-refractivity contribution is 9.10. The Bertz CT molecular complexity index is 910. The lowest BCUT2D eigenvalue weighted by molar-refractivity contribution is 0.470. The Labute approximate surface area is 136 Å². The first kappa shape index (κ1) is 14.3. The molecule has 3 rings (SSSR count). The molecule has 0 radical (unpaired) electrons. The second kappa shape index (κ2) is 4.98. The number of phenols is 1. The first-order valence-corrected chi connectivity index (χ1v) is 7.22. The zero-order valence-electron chi connectivity index (χ0n) is 10.2. The second-order valence-corrected chi connectivity index (χ2v) is 5.98. The van der Waals surface area contributed by atoms with Crippen molar-refractivity contribution in [2.75, 3.05) is 5.73 Å². The third-order valence-corrected chi connectivity index (χ3v) is 4.12. The molecule has 1 heterocycles. The fourth-order valence-corrected chi connectivity index (χ4v) is 3.04. The number of anilines is 1. The summed E-state index contributed by atoms with van der Waals surface area (Å²) in [5, 5.41) is 10.1. The molecule has 0 spiro atoms. The maximum absolute atomic E-state index is 12.1. The predicted octanol–water partition coefficient (Wildman–Crippen LogP) is 3.94. The number of nitrogens with two attached hydrogens (primary N) is 1. The van der Waals surface area contributed by atoms with E-state index in [1.807, 2.05) is 0 Å². The van der Waals surface area contributed by atoms with Gasteiger partial charge >= 0.3 is 5.76 Å². The second-order valence-electron chi connectivity index (χ2n) is 4.31. The van der Waals surface area contributed by atoms with Gasteiger partial charge in [0, 0.05) is 11.8 Å². The smallest absolute Gasteiger partial charge is 0.424 e. The fraction of sp³-hybridized carbons (Fsp3) is 0. The van der Waals surface area contributed by atoms with Crippen LogP contribution in [0, 0.1) is 0 Å². The number of oxazole rings is 1. The van der Waals surface area contributed by atoms with Crippen molar-refractivity contribution in [3.05, 3.63) is 49.3 Å². The zero-order chi connectivity index (χ0) is 15.3. The Morgan fingerprint density at radius 2 is 1.81 bits per heavy atom. The Balaban J connectivity index is 2.44. The number of halogens is 3. The molecular weight excluding hydrogens is 383 g/mol. The molecule has 1 aromatic heterocycles. The summed E-state index contributed by atoms with van der Waals surface area (Å²) in [6.45, 7) is 0. The number of aromatic nitrogens is 1. The van der Waals surface area contributed by atoms with E-state index >= 15 is 0 Å². The molecular formula is C13H7BrCl2N2O3. The molecule has 8 heteroatoms. The van der Waals surface area contributed by atoms with Gasteiger partial charge in [0.25, 0.3) is 0 Å². The summed E-state index contributed by atoms with van der Waals surface area (Å²) in [4.78, 5) is 12.1. The van der Waals surface area contributed by atoms with Crippen LogP contribution in [0.2, 0.25) is 10.0 Å². The Hall–Kier alpha value is -1.63. The molecule has 108 valence electrons. The average Bonchev–Trinajstić information content (AvgIpc) is 2.66. The molecule has 0 aliphatic rings. The van der Waals surface area contributed by atoms with E-state index in [9.17, 15) is 9.90 Å². The van der Waals surface area contributed by atoms with Crippen molar-refractivity contribution in [1.29, 1.82) is 0 Å². The summed E-state index contributed by atoms with van der Waals surface area (Å²) in [5.41, 5.74) is 6.94. The Morgan fingerprint density at radius 1 is 1.19 bits per heavy atom. The van der Waals surface area contributed by atoms with Gasteiger partial charge in [0.1, 0.15) is 5.75 Å². The molecule has 21 heavy (non-hydrogen) atoms. The van der Waals surface area contributed by atoms with Crippen LogP contribution in [0.25, 0.3) is 16.8 Å². The highest BCUT2D eigenvalue weighted by Crippen LogP contribution is 2.35. The van der Waals surface area contributed by atoms with E-state index in [-0.39, 0.29) is 27.1 Å². The van der Waals surface area contributed by atoms with Gasteiger partial charge in [-0.05, 0) is 34.1 Å². The van der Waals surface area contributed by atoms with Crippen LogP contribution in [0.3, 0.4) is 0 Å². The van der Waals surface area contributed by atoms with Crippen LogP contribution in [0.4, 0.5) is 5.69 Å². The summed E-state index contributed by atoms with van der Waals surface area (Å²) in [6, 6.07) is 5.85. The normalized spacial score (nSPS) is 11.2. The van der Waals surface area contributed by atoms with Gasteiger partial charge in [-0.3, -0.25) is 0 Å². The molecule has 0 amide bonds. The summed E-state index contributed by atoms with van der Waals surface area (Å²) in [6.07, 6.45) is 0. The van der Waals surface area contributed by atoms with Crippen LogP contribution in [0.5, 0.6) is 5.75 Å². The molecule has 0 aliphatic carbocycles. The number of fused-ring (bicyclic) bond motifs is 1. The summed E-state index contributed by atoms with van der Waals surface area (Å²) in [7, 11) is 0. The van der Waals surface area contributed by atoms with E-state index in [2.05, 4.69) is 15.9 Å². The van der Waals surface area contributed by atoms with E-state index in [1.165, 1.54) is 22.8 Å². The summed E-state index contributed by atoms with van der Waals surface area (Å²) in [5.74, 6) is -0.714. The lowest BCUT2D eigenvalue weighted by Gasteiger charge is -2.09. The van der Waals surface area contributed by atoms with Crippen LogP contribution in [-0.2, 0) is 0 Å². The van der Waals surface area contributed by atoms with Crippen molar-refractivity contribution in [2.45, 2.75) is 0 Å². The van der Waals surface area contributed by atoms with Gasteiger partial charge in [-0.2, -0.15) is 0 Å². The third kappa shape index (κ3) is 2.29. The van der Waals surface area contributed by atoms with Crippen LogP contribution in [-0.4, -0.2) is 9.67 Å². The minimum absolute atomic E-state index is 0.0436. The first-order chi connectivity index (χ1) is 9.88. The van der Waals surface area contributed by atoms with Crippen molar-refractivity contribution < 1.29 is 9.52 Å². The summed E-state index contributed by atoms with van der Waals surface area (Å²) < 4.78 is 6.74. The lowest BCUT2D eigenvalue weighted by atomic mass is 10.2. The number of nitrogens with zero attached hydrogens (tertiary/aromatic N) is 1. The molecule has 2 aromatic carbocycles. The third-order valence-electron chi connectivity index (χ3n) is 2.91. The number of hydrogen-bond acceptors (Lipinski definition) is 4. The molecule has 0 saturated carbocycles. The number of phenolic OH excluding ortho intramolecular Hbond substituents is 1. The number of rotatable bonds is 1. The molecule has 0 atom stereocenters. The van der Waals surface area contributed by atoms with Gasteiger partial charge < -0.3 is 15.3 Å². The predicted molar refractivity (Wildman–Crippen MR) is 85.6 cm³/mol. The average molecular weight is 390 g/mol. The van der Waals surface area contributed by atoms with Crippen molar-refractivity contribution in [3.63, 3.8) is 0 Å². The quantitative estimate of drug-likeness (QED) is 0.617. The minimum atomic E-state index is -0.670. The number of benzene rings is 2. The maximum Gasteiger partial charge on any atom is 0.424 e. The lowest BCUT2D eigenvalue weighted by Crippen LogP contribution is -2.13. The van der Waals surface area contributed by atoms with Gasteiger partial charge in [-0.15, -0.1) is 0 Å². The number of nitrogen functional groups attached to an aromatic ring is 1. The van der Waals surface area contributed by atoms with Crippen LogP contribution < -0.4 is 11.5 Å². The molecule has 0 bridgehead atoms. The standard InChI is InChI=1S/C13H7BrCl2N2O3/c14-6-3-9-11(4-10(6)19)21-13(20)18(9)12-7(15)1-5(17)2-8(12)16/h1-4,19H,17H2. The topological polar surface area (TPSA) is 81.4 Å². The molecule has 3 N–H and O–H groups in total. The Kier molecular flexibility index (Phi) is 3.39. The van der Waals surface area contributed by atoms with Gasteiger partial charge in [0.2, 0.25) is 0 Å². The Morgan fingerprint density at radius 3 is 2.43 bits per heavy atom. The van der Waals surface area contributed by atoms with Crippen LogP contribution >= 0.6 is 39.1 Å². The SMILES string of the molecule is Nc1cc(Cl)c(-n2c(=O)oc3cc(O)c(Br)cc32)c(Cl)c1. The highest BCUT2D eigenvalue weighted by Gasteiger charge is 2.18. The van der Waals surface area contributed by atoms with E-state index < -0.39 is 5.76 Å². The van der Waals surface area contributed by atoms with Crippen molar-refractivity contribution >= 4 is 55.9 Å². The fourth-order valence-electron chi connectivity index (χ4n) is 2.04. The highest BCUT2D eigenvalue weighted by atomic mass is 79.9. The van der Waals surface area contributed by atoms with Gasteiger partial charge in [0.05, 0.1) is 25.7 Å². The van der Waals surface area contributed by atoms with Crippen LogP contribution in [0.15, 0.2) is 37.9 Å². The minimum Gasteiger partial charge on any atom is -0.507 e. The number of hydrogen-bond donors (Lipinski definition) is 2. The van der Waals surface area contributed by atoms with E-state index in [0.717, 1.165) is 0 Å². The molecule has 0 unspecified atom stereocenters. The maximum atomic E-state index is 12.1. The molecule has 0 aliphatic heterocycles. The molecule has 3 aromatic rings. The van der Waals surface area contributed by atoms with E-state index in [0.29, 0.717) is 15.7 Å². The van der Waals surface area contributed by atoms with Crippen molar-refractivity contribution in [2.24, 2.45) is 0 Å². The van der Waals surface area contributed by atoms with Crippen molar-refractivity contribution in [1.82, 2.24) is 4.57 Å². The van der Waals surface area contributed by atoms with Gasteiger partial charge in [0.15, 0.2) is 5.58 Å². The monoisotopic (exact) mass is 388 g/mol. The summed E-state index contributed by atoms with van der Waals surface area (Å²) >= 11 is 15.5. The van der Waals surface area contributed by atoms with Crippen LogP contribution in [0.1, 0.15) is 0 Å². The molecule has 0 fully saturated rings. The van der Waals surface area contributed by atoms with E-state index in [4.69, 9.17) is 33.4 Å². The number of aromatic hydroxyl groups is 1. The van der Waals surface area contributed by atoms with Crippen molar-refractivity contribution in [3.8, 4) is 11.4 Å². The van der Waals surface area contributed by atoms with Gasteiger partial charge in [-0.25, -0.2) is 9.36 Å².